The van der Waals surface area contributed by atoms with Crippen molar-refractivity contribution in [3.63, 3.8) is 0 Å². The molecule has 0 unspecified atom stereocenters. The third-order valence-electron chi connectivity index (χ3n) is 3.72. The minimum atomic E-state index is -1.47. The number of fused-ring (bicyclic) bond motifs is 1. The molecule has 1 aliphatic rings. The molecule has 7 heteroatoms. The molecule has 0 spiro atoms. The third kappa shape index (κ3) is 2.76. The molecule has 2 heterocycles. The van der Waals surface area contributed by atoms with E-state index in [9.17, 15) is 18.0 Å². The van der Waals surface area contributed by atoms with Crippen LogP contribution < -0.4 is 5.56 Å². The first-order valence-electron chi connectivity index (χ1n) is 6.88. The van der Waals surface area contributed by atoms with Crippen molar-refractivity contribution in [2.45, 2.75) is 26.4 Å². The second kappa shape index (κ2) is 5.57. The van der Waals surface area contributed by atoms with Crippen LogP contribution in [0.2, 0.25) is 0 Å². The van der Waals surface area contributed by atoms with Crippen molar-refractivity contribution < 1.29 is 13.2 Å². The predicted octanol–water partition coefficient (Wildman–Crippen LogP) is 2.05. The lowest BCUT2D eigenvalue weighted by Gasteiger charge is -2.27. The highest BCUT2D eigenvalue weighted by atomic mass is 19.2. The zero-order valence-corrected chi connectivity index (χ0v) is 11.9. The molecule has 1 N–H and O–H groups in total. The number of hydrogen-bond donors (Lipinski definition) is 1. The van der Waals surface area contributed by atoms with Gasteiger partial charge in [0, 0.05) is 26.1 Å². The smallest absolute Gasteiger partial charge is 0.255 e. The van der Waals surface area contributed by atoms with Gasteiger partial charge in [0.15, 0.2) is 17.5 Å². The van der Waals surface area contributed by atoms with E-state index in [1.54, 1.807) is 6.92 Å². The van der Waals surface area contributed by atoms with E-state index in [4.69, 9.17) is 0 Å². The molecule has 3 rings (SSSR count). The molecule has 2 aromatic rings. The number of nitrogens with one attached hydrogen (secondary N) is 1. The number of aromatic amines is 1. The van der Waals surface area contributed by atoms with Crippen LogP contribution in [0.1, 0.15) is 22.6 Å². The van der Waals surface area contributed by atoms with Crippen molar-refractivity contribution in [1.82, 2.24) is 14.9 Å². The number of benzene rings is 1. The quantitative estimate of drug-likeness (QED) is 0.864. The number of halogens is 3. The molecule has 116 valence electrons. The lowest BCUT2D eigenvalue weighted by Crippen LogP contribution is -2.35. The van der Waals surface area contributed by atoms with Crippen molar-refractivity contribution in [2.24, 2.45) is 0 Å². The SMILES string of the molecule is Cc1nc2c(c(=O)[nH]1)CN(Cc1cc(F)c(F)c(F)c1)CC2. The van der Waals surface area contributed by atoms with Gasteiger partial charge in [-0.25, -0.2) is 18.2 Å². The van der Waals surface area contributed by atoms with Crippen LogP contribution in [-0.4, -0.2) is 21.4 Å². The second-order valence-electron chi connectivity index (χ2n) is 5.41. The fraction of sp³-hybridized carbons (Fsp3) is 0.333. The van der Waals surface area contributed by atoms with Gasteiger partial charge in [-0.15, -0.1) is 0 Å². The summed E-state index contributed by atoms with van der Waals surface area (Å²) in [6, 6.07) is 1.96. The van der Waals surface area contributed by atoms with Crippen molar-refractivity contribution in [3.8, 4) is 0 Å². The molecule has 4 nitrogen and oxygen atoms in total. The maximum absolute atomic E-state index is 13.2. The molecule has 0 fully saturated rings. The molecule has 0 saturated heterocycles. The molecule has 0 bridgehead atoms. The monoisotopic (exact) mass is 309 g/mol. The summed E-state index contributed by atoms with van der Waals surface area (Å²) in [4.78, 5) is 20.8. The predicted molar refractivity (Wildman–Crippen MR) is 73.7 cm³/mol. The molecule has 0 radical (unpaired) electrons. The number of hydrogen-bond acceptors (Lipinski definition) is 3. The Kier molecular flexibility index (Phi) is 3.74. The van der Waals surface area contributed by atoms with Crippen LogP contribution in [0.4, 0.5) is 13.2 Å². The first-order valence-corrected chi connectivity index (χ1v) is 6.88. The van der Waals surface area contributed by atoms with Gasteiger partial charge in [-0.05, 0) is 24.6 Å². The summed E-state index contributed by atoms with van der Waals surface area (Å²) in [6.07, 6.45) is 0.590. The summed E-state index contributed by atoms with van der Waals surface area (Å²) < 4.78 is 39.4. The lowest BCUT2D eigenvalue weighted by atomic mass is 10.1. The van der Waals surface area contributed by atoms with E-state index >= 15 is 0 Å². The maximum atomic E-state index is 13.2. The molecule has 0 atom stereocenters. The fourth-order valence-electron chi connectivity index (χ4n) is 2.70. The Morgan fingerprint density at radius 3 is 2.64 bits per heavy atom. The van der Waals surface area contributed by atoms with Gasteiger partial charge in [0.1, 0.15) is 5.82 Å². The summed E-state index contributed by atoms with van der Waals surface area (Å²) in [5.41, 5.74) is 1.47. The zero-order chi connectivity index (χ0) is 15.9. The number of aryl methyl sites for hydroxylation is 1. The van der Waals surface area contributed by atoms with Crippen LogP contribution in [0.5, 0.6) is 0 Å². The Morgan fingerprint density at radius 1 is 1.27 bits per heavy atom. The summed E-state index contributed by atoms with van der Waals surface area (Å²) in [7, 11) is 0. The van der Waals surface area contributed by atoms with Gasteiger partial charge >= 0.3 is 0 Å². The Hall–Kier alpha value is -2.15. The minimum Gasteiger partial charge on any atom is -0.310 e. The Morgan fingerprint density at radius 2 is 1.95 bits per heavy atom. The summed E-state index contributed by atoms with van der Waals surface area (Å²) in [5, 5.41) is 0. The third-order valence-corrected chi connectivity index (χ3v) is 3.72. The molecule has 22 heavy (non-hydrogen) atoms. The van der Waals surface area contributed by atoms with Gasteiger partial charge in [0.05, 0.1) is 11.3 Å². The van der Waals surface area contributed by atoms with Gasteiger partial charge in [0.2, 0.25) is 0 Å². The highest BCUT2D eigenvalue weighted by Crippen LogP contribution is 2.19. The molecule has 0 aliphatic carbocycles. The van der Waals surface area contributed by atoms with Crippen LogP contribution in [0, 0.1) is 24.4 Å². The minimum absolute atomic E-state index is 0.191. The number of H-pyrrole nitrogens is 1. The molecule has 1 aromatic heterocycles. The summed E-state index contributed by atoms with van der Waals surface area (Å²) in [6.45, 7) is 2.92. The topological polar surface area (TPSA) is 49.0 Å². The molecular formula is C15H14F3N3O. The van der Waals surface area contributed by atoms with E-state index in [1.807, 2.05) is 4.90 Å². The Balaban J connectivity index is 1.82. The molecular weight excluding hydrogens is 295 g/mol. The molecule has 0 saturated carbocycles. The Bertz CT molecular complexity index is 765. The fourth-order valence-corrected chi connectivity index (χ4v) is 2.70. The summed E-state index contributed by atoms with van der Waals surface area (Å²) in [5.74, 6) is -3.31. The van der Waals surface area contributed by atoms with Crippen molar-refractivity contribution in [2.75, 3.05) is 6.54 Å². The Labute approximate surface area is 124 Å². The average molecular weight is 309 g/mol. The highest BCUT2D eigenvalue weighted by Gasteiger charge is 2.21. The van der Waals surface area contributed by atoms with E-state index < -0.39 is 17.5 Å². The average Bonchev–Trinajstić information content (AvgIpc) is 2.45. The largest absolute Gasteiger partial charge is 0.310 e. The molecule has 1 aromatic carbocycles. The van der Waals surface area contributed by atoms with Crippen molar-refractivity contribution in [3.05, 3.63) is 62.6 Å². The van der Waals surface area contributed by atoms with E-state index in [0.29, 0.717) is 36.5 Å². The maximum Gasteiger partial charge on any atom is 0.255 e. The number of aromatic nitrogens is 2. The van der Waals surface area contributed by atoms with Crippen molar-refractivity contribution in [1.29, 1.82) is 0 Å². The molecule has 0 amide bonds. The first-order chi connectivity index (χ1) is 10.4. The van der Waals surface area contributed by atoms with Gasteiger partial charge < -0.3 is 4.98 Å². The standard InChI is InChI=1S/C15H14F3N3O/c1-8-19-13-2-3-21(7-10(13)15(22)20-8)6-9-4-11(16)14(18)12(17)5-9/h4-5H,2-3,6-7H2,1H3,(H,19,20,22). The van der Waals surface area contributed by atoms with E-state index in [0.717, 1.165) is 17.8 Å². The van der Waals surface area contributed by atoms with E-state index in [-0.39, 0.29) is 12.1 Å². The highest BCUT2D eigenvalue weighted by molar-refractivity contribution is 5.23. The first kappa shape index (κ1) is 14.8. The van der Waals surface area contributed by atoms with E-state index in [1.165, 1.54) is 0 Å². The van der Waals surface area contributed by atoms with Crippen LogP contribution in [0.15, 0.2) is 16.9 Å². The van der Waals surface area contributed by atoms with Gasteiger partial charge in [-0.2, -0.15) is 0 Å². The summed E-state index contributed by atoms with van der Waals surface area (Å²) >= 11 is 0. The van der Waals surface area contributed by atoms with Crippen LogP contribution in [0.3, 0.4) is 0 Å². The van der Waals surface area contributed by atoms with Gasteiger partial charge in [0.25, 0.3) is 5.56 Å². The van der Waals surface area contributed by atoms with Crippen LogP contribution in [0.25, 0.3) is 0 Å². The van der Waals surface area contributed by atoms with Crippen molar-refractivity contribution >= 4 is 0 Å². The van der Waals surface area contributed by atoms with Crippen LogP contribution >= 0.6 is 0 Å². The molecule has 1 aliphatic heterocycles. The van der Waals surface area contributed by atoms with Crippen LogP contribution in [-0.2, 0) is 19.5 Å². The van der Waals surface area contributed by atoms with Gasteiger partial charge in [-0.3, -0.25) is 9.69 Å². The number of rotatable bonds is 2. The number of nitrogens with zero attached hydrogens (tertiary/aromatic N) is 2. The lowest BCUT2D eigenvalue weighted by molar-refractivity contribution is 0.240. The zero-order valence-electron chi connectivity index (χ0n) is 11.9. The van der Waals surface area contributed by atoms with E-state index in [2.05, 4.69) is 9.97 Å². The normalized spacial score (nSPS) is 14.9. The van der Waals surface area contributed by atoms with Gasteiger partial charge in [-0.1, -0.05) is 0 Å². The second-order valence-corrected chi connectivity index (χ2v) is 5.41.